The number of nitrogens with zero attached hydrogens (tertiary/aromatic N) is 11. The number of likely N-dealkylation sites (N-methyl/N-ethyl adjacent to an activating group) is 2. The SMILES string of the molecule is CC(C)Oc1cc(N2CCN(C)CC2)ccc1Nc1ncc(Cl)c(Nc2ccccc2P(C)(C)=O)n1.COC(=O)c1ccc(Nc2nc(Nc3ccc(P(C)(C)=O)cc3OC)ncc2Cl)c(OC)c1.COc1cc(N2CCC(N3CCN(C)CC3)CC2)ccc1Nc1ncc(Cl)c(Nc2ccc(P(C)(C)=O)cc2OC(C)C)n1. The van der Waals surface area contributed by atoms with Gasteiger partial charge in [0.2, 0.25) is 17.8 Å². The molecule has 604 valence electrons. The number of benzene rings is 6. The third-order valence-corrected chi connectivity index (χ3v) is 24.3. The van der Waals surface area contributed by atoms with Crippen molar-refractivity contribution < 1.29 is 46.9 Å². The summed E-state index contributed by atoms with van der Waals surface area (Å²) in [7, 11) is 2.94. The van der Waals surface area contributed by atoms with Gasteiger partial charge in [0, 0.05) is 111 Å². The quantitative estimate of drug-likeness (QED) is 0.0217. The fourth-order valence-corrected chi connectivity index (χ4v) is 16.0. The summed E-state index contributed by atoms with van der Waals surface area (Å²) in [5.74, 6) is 4.62. The number of ether oxygens (including phenoxy) is 6. The van der Waals surface area contributed by atoms with Crippen LogP contribution in [-0.2, 0) is 18.4 Å². The van der Waals surface area contributed by atoms with E-state index in [0.717, 1.165) is 91.5 Å². The van der Waals surface area contributed by atoms with E-state index in [1.165, 1.54) is 53.5 Å². The predicted molar refractivity (Wildman–Crippen MR) is 463 cm³/mol. The maximum Gasteiger partial charge on any atom is 0.337 e. The molecule has 3 aromatic heterocycles. The lowest BCUT2D eigenvalue weighted by molar-refractivity contribution is 0.0600. The van der Waals surface area contributed by atoms with E-state index in [2.05, 4.69) is 125 Å². The van der Waals surface area contributed by atoms with Gasteiger partial charge in [-0.3, -0.25) is 4.90 Å². The second-order valence-corrected chi connectivity index (χ2v) is 40.0. The third-order valence-electron chi connectivity index (χ3n) is 18.9. The molecule has 3 aliphatic heterocycles. The monoisotopic (exact) mass is 1660 g/mol. The second kappa shape index (κ2) is 38.8. The van der Waals surface area contributed by atoms with Crippen molar-refractivity contribution in [3.63, 3.8) is 0 Å². The van der Waals surface area contributed by atoms with E-state index in [4.69, 9.17) is 63.2 Å². The maximum atomic E-state index is 12.8. The molecule has 3 fully saturated rings. The van der Waals surface area contributed by atoms with E-state index >= 15 is 0 Å². The van der Waals surface area contributed by atoms with Crippen molar-refractivity contribution in [2.75, 3.05) is 190 Å². The predicted octanol–water partition coefficient (Wildman–Crippen LogP) is 16.0. The number of halogens is 3. The highest BCUT2D eigenvalue weighted by atomic mass is 35.5. The number of para-hydroxylation sites is 1. The number of anilines is 14. The normalized spacial score (nSPS) is 14.6. The molecule has 0 bridgehead atoms. The number of aromatic nitrogens is 6. The van der Waals surface area contributed by atoms with Crippen molar-refractivity contribution in [2.24, 2.45) is 0 Å². The number of piperazine rings is 2. The van der Waals surface area contributed by atoms with Gasteiger partial charge in [0.05, 0.1) is 98.9 Å². The van der Waals surface area contributed by atoms with Gasteiger partial charge in [-0.1, -0.05) is 46.9 Å². The molecule has 3 saturated heterocycles. The van der Waals surface area contributed by atoms with E-state index in [-0.39, 0.29) is 23.2 Å². The van der Waals surface area contributed by atoms with Gasteiger partial charge < -0.3 is 93.6 Å². The summed E-state index contributed by atoms with van der Waals surface area (Å²) in [6, 6.07) is 36.1. The molecule has 0 atom stereocenters. The first-order chi connectivity index (χ1) is 53.7. The first-order valence-corrected chi connectivity index (χ1v) is 46.0. The maximum absolute atomic E-state index is 12.8. The molecular formula is C80H103Cl3N17O10P3. The van der Waals surface area contributed by atoms with Gasteiger partial charge in [-0.25, -0.2) is 19.7 Å². The van der Waals surface area contributed by atoms with Gasteiger partial charge in [-0.05, 0) is 186 Å². The van der Waals surface area contributed by atoms with Crippen LogP contribution in [0.1, 0.15) is 50.9 Å². The molecule has 0 spiro atoms. The Hall–Kier alpha value is -9.13. The fraction of sp³-hybridized carbons (Fsp3) is 0.388. The molecule has 3 aliphatic rings. The summed E-state index contributed by atoms with van der Waals surface area (Å²) < 4.78 is 71.4. The molecule has 0 unspecified atom stereocenters. The number of hydrogen-bond donors (Lipinski definition) is 6. The molecular weight excluding hydrogens is 1560 g/mol. The zero-order chi connectivity index (χ0) is 81.5. The van der Waals surface area contributed by atoms with E-state index in [1.54, 1.807) is 95.9 Å². The Labute approximate surface area is 678 Å². The van der Waals surface area contributed by atoms with Crippen molar-refractivity contribution in [3.8, 4) is 28.7 Å². The highest BCUT2D eigenvalue weighted by Crippen LogP contribution is 2.44. The summed E-state index contributed by atoms with van der Waals surface area (Å²) >= 11 is 19.2. The van der Waals surface area contributed by atoms with Crippen LogP contribution >= 0.6 is 56.2 Å². The Morgan fingerprint density at radius 3 is 1.26 bits per heavy atom. The minimum absolute atomic E-state index is 0.00642. The average molecular weight is 1660 g/mol. The zero-order valence-electron chi connectivity index (χ0n) is 66.9. The molecule has 33 heteroatoms. The highest BCUT2D eigenvalue weighted by molar-refractivity contribution is 7.71. The Kier molecular flexibility index (Phi) is 29.6. The van der Waals surface area contributed by atoms with Gasteiger partial charge in [0.1, 0.15) is 65.2 Å². The molecule has 0 aliphatic carbocycles. The minimum atomic E-state index is -2.50. The van der Waals surface area contributed by atoms with E-state index in [9.17, 15) is 18.5 Å². The van der Waals surface area contributed by atoms with Crippen molar-refractivity contribution in [1.82, 2.24) is 44.6 Å². The molecule has 12 rings (SSSR count). The lowest BCUT2D eigenvalue weighted by Crippen LogP contribution is -2.52. The van der Waals surface area contributed by atoms with E-state index in [1.807, 2.05) is 82.3 Å². The summed E-state index contributed by atoms with van der Waals surface area (Å²) in [5.41, 5.74) is 6.66. The molecule has 6 heterocycles. The zero-order valence-corrected chi connectivity index (χ0v) is 71.8. The first-order valence-electron chi connectivity index (χ1n) is 37.1. The lowest BCUT2D eigenvalue weighted by Gasteiger charge is -2.42. The van der Waals surface area contributed by atoms with E-state index in [0.29, 0.717) is 102 Å². The minimum Gasteiger partial charge on any atom is -0.495 e. The topological polar surface area (TPSA) is 289 Å². The molecule has 9 aromatic rings. The van der Waals surface area contributed by atoms with Crippen LogP contribution in [0.25, 0.3) is 0 Å². The molecule has 113 heavy (non-hydrogen) atoms. The molecule has 6 N–H and O–H groups in total. The molecule has 27 nitrogen and oxygen atoms in total. The van der Waals surface area contributed by atoms with Gasteiger partial charge in [-0.15, -0.1) is 0 Å². The standard InChI is InChI=1S/C32H45ClN7O3P.C26H34ClN6O2P.C22H24ClN4O5P/c1-22(2)43-30-20-25(44(5,6)41)8-10-28(30)35-31-26(33)21-34-32(37-31)36-27-9-7-24(19-29(27)42-4)39-13-11-23(12-14-39)40-17-15-38(3)16-18-40;1-18(2)35-23-16-19(33-14-12-32(3)13-15-33)10-11-21(23)30-26-28-17-20(27)25(31-26)29-22-8-6-7-9-24(22)36(4,5)34;1-30-18-10-13(21(28)32-3)6-8-16(18)25-20-15(23)12-24-22(27-20)26-17-9-7-14(33(4,5)29)11-19(17)31-2/h7-10,19-23H,11-18H2,1-6H3,(H2,34,35,36,37);6-11,16-18H,12-15H2,1-5H3,(H2,28,29,30,31);6-12H,1-5H3,(H2,24,25,26,27). The fourth-order valence-electron chi connectivity index (χ4n) is 12.7. The lowest BCUT2D eigenvalue weighted by atomic mass is 10.0. The van der Waals surface area contributed by atoms with Crippen LogP contribution in [0.4, 0.5) is 80.8 Å². The van der Waals surface area contributed by atoms with Crippen LogP contribution in [0, 0.1) is 0 Å². The van der Waals surface area contributed by atoms with Crippen molar-refractivity contribution in [1.29, 1.82) is 0 Å². The van der Waals surface area contributed by atoms with Crippen LogP contribution in [0.5, 0.6) is 28.7 Å². The van der Waals surface area contributed by atoms with Gasteiger partial charge >= 0.3 is 5.97 Å². The van der Waals surface area contributed by atoms with Gasteiger partial charge in [0.15, 0.2) is 17.5 Å². The molecule has 0 amide bonds. The Morgan fingerprint density at radius 2 is 0.805 bits per heavy atom. The number of esters is 1. The number of nitrogens with one attached hydrogen (secondary N) is 6. The average Bonchev–Trinajstić information content (AvgIpc) is 0.819. The van der Waals surface area contributed by atoms with Crippen LogP contribution in [0.2, 0.25) is 15.1 Å². The summed E-state index contributed by atoms with van der Waals surface area (Å²) in [6.07, 6.45) is 6.81. The summed E-state index contributed by atoms with van der Waals surface area (Å²) in [5, 5.41) is 22.5. The van der Waals surface area contributed by atoms with Crippen molar-refractivity contribution in [3.05, 3.63) is 154 Å². The second-order valence-electron chi connectivity index (χ2n) is 29.2. The smallest absolute Gasteiger partial charge is 0.337 e. The third kappa shape index (κ3) is 23.8. The molecule has 6 aromatic carbocycles. The Morgan fingerprint density at radius 1 is 0.434 bits per heavy atom. The van der Waals surface area contributed by atoms with E-state index < -0.39 is 27.4 Å². The number of carbonyl (C=O) groups is 1. The summed E-state index contributed by atoms with van der Waals surface area (Å²) in [6.45, 7) is 29.0. The van der Waals surface area contributed by atoms with Gasteiger partial charge in [-0.2, -0.15) is 15.0 Å². The van der Waals surface area contributed by atoms with Crippen LogP contribution in [0.3, 0.4) is 0 Å². The highest BCUT2D eigenvalue weighted by Gasteiger charge is 2.29. The molecule has 0 radical (unpaired) electrons. The van der Waals surface area contributed by atoms with Crippen molar-refractivity contribution in [2.45, 2.75) is 58.8 Å². The summed E-state index contributed by atoms with van der Waals surface area (Å²) in [4.78, 5) is 50.7. The Bertz CT molecular complexity index is 4940. The number of rotatable bonds is 26. The Balaban J connectivity index is 0.000000182. The number of piperidine rings is 1. The van der Waals surface area contributed by atoms with Crippen LogP contribution in [0.15, 0.2) is 134 Å². The largest absolute Gasteiger partial charge is 0.495 e. The molecule has 0 saturated carbocycles. The number of carbonyl (C=O) groups excluding carboxylic acids is 1. The van der Waals surface area contributed by atoms with Crippen LogP contribution in [-0.4, -0.2) is 217 Å². The first kappa shape index (κ1) is 86.3. The number of hydrogen-bond acceptors (Lipinski definition) is 27. The van der Waals surface area contributed by atoms with Crippen molar-refractivity contribution >= 4 is 159 Å². The number of methoxy groups -OCH3 is 4. The van der Waals surface area contributed by atoms with Gasteiger partial charge in [0.25, 0.3) is 0 Å². The van der Waals surface area contributed by atoms with Crippen LogP contribution < -0.4 is 81.3 Å².